The molecule has 0 amide bonds. The van der Waals surface area contributed by atoms with Crippen LogP contribution in [-0.4, -0.2) is 6.04 Å². The molecule has 21 heavy (non-hydrogen) atoms. The van der Waals surface area contributed by atoms with Crippen molar-refractivity contribution in [3.8, 4) is 5.75 Å². The molecule has 2 rings (SSSR count). The topological polar surface area (TPSA) is 21.3 Å². The number of nitrogens with one attached hydrogen (secondary N) is 1. The fraction of sp³-hybridized carbons (Fsp3) is 0.333. The van der Waals surface area contributed by atoms with Crippen LogP contribution in [0.4, 0.5) is 0 Å². The molecule has 0 fully saturated rings. The first-order valence-corrected chi connectivity index (χ1v) is 7.67. The monoisotopic (exact) mass is 303 g/mol. The van der Waals surface area contributed by atoms with Gasteiger partial charge < -0.3 is 10.1 Å². The van der Waals surface area contributed by atoms with E-state index in [9.17, 15) is 0 Å². The van der Waals surface area contributed by atoms with Crippen LogP contribution in [0.2, 0.25) is 5.02 Å². The smallest absolute Gasteiger partial charge is 0.138 e. The lowest BCUT2D eigenvalue weighted by Crippen LogP contribution is -2.21. The van der Waals surface area contributed by atoms with Gasteiger partial charge in [-0.25, -0.2) is 0 Å². The number of ether oxygens (including phenoxy) is 1. The minimum absolute atomic E-state index is 0.0247. The van der Waals surface area contributed by atoms with Crippen LogP contribution in [0.3, 0.4) is 0 Å². The fourth-order valence-corrected chi connectivity index (χ4v) is 2.30. The van der Waals surface area contributed by atoms with Crippen LogP contribution in [0.25, 0.3) is 0 Å². The van der Waals surface area contributed by atoms with Crippen molar-refractivity contribution in [1.82, 2.24) is 5.32 Å². The van der Waals surface area contributed by atoms with Crippen LogP contribution >= 0.6 is 11.6 Å². The van der Waals surface area contributed by atoms with Crippen LogP contribution in [0.15, 0.2) is 48.5 Å². The number of rotatable bonds is 6. The maximum absolute atomic E-state index is 6.32. The van der Waals surface area contributed by atoms with Gasteiger partial charge in [0.1, 0.15) is 11.9 Å². The zero-order valence-corrected chi connectivity index (χ0v) is 13.5. The molecule has 1 N–H and O–H groups in total. The summed E-state index contributed by atoms with van der Waals surface area (Å²) in [7, 11) is 0. The van der Waals surface area contributed by atoms with Gasteiger partial charge in [0.25, 0.3) is 0 Å². The second kappa shape index (κ2) is 7.48. The molecule has 0 aliphatic carbocycles. The summed E-state index contributed by atoms with van der Waals surface area (Å²) in [6.07, 6.45) is -0.0247. The zero-order chi connectivity index (χ0) is 15.2. The first kappa shape index (κ1) is 15.9. The van der Waals surface area contributed by atoms with E-state index in [0.29, 0.717) is 11.1 Å². The van der Waals surface area contributed by atoms with Gasteiger partial charge in [-0.1, -0.05) is 61.8 Å². The number of benzene rings is 2. The predicted molar refractivity (Wildman–Crippen MR) is 88.9 cm³/mol. The zero-order valence-electron chi connectivity index (χ0n) is 12.8. The lowest BCUT2D eigenvalue weighted by atomic mass is 10.1. The van der Waals surface area contributed by atoms with E-state index in [2.05, 4.69) is 31.3 Å². The summed E-state index contributed by atoms with van der Waals surface area (Å²) in [6.45, 7) is 7.09. The molecule has 0 aliphatic heterocycles. The van der Waals surface area contributed by atoms with E-state index < -0.39 is 0 Å². The van der Waals surface area contributed by atoms with Gasteiger partial charge in [0, 0.05) is 12.6 Å². The minimum atomic E-state index is -0.0247. The first-order valence-electron chi connectivity index (χ1n) is 7.29. The molecule has 0 saturated carbocycles. The third-order valence-electron chi connectivity index (χ3n) is 3.28. The van der Waals surface area contributed by atoms with Crippen LogP contribution in [0.5, 0.6) is 5.75 Å². The molecule has 0 heterocycles. The Morgan fingerprint density at radius 3 is 2.38 bits per heavy atom. The summed E-state index contributed by atoms with van der Waals surface area (Å²) in [5.74, 6) is 0.723. The third-order valence-corrected chi connectivity index (χ3v) is 3.58. The van der Waals surface area contributed by atoms with Gasteiger partial charge in [-0.3, -0.25) is 0 Å². The molecule has 112 valence electrons. The van der Waals surface area contributed by atoms with E-state index in [1.165, 1.54) is 0 Å². The Kier molecular flexibility index (Phi) is 5.66. The van der Waals surface area contributed by atoms with Crippen LogP contribution in [-0.2, 0) is 6.54 Å². The van der Waals surface area contributed by atoms with E-state index in [-0.39, 0.29) is 6.10 Å². The lowest BCUT2D eigenvalue weighted by molar-refractivity contribution is 0.227. The van der Waals surface area contributed by atoms with Crippen molar-refractivity contribution >= 4 is 11.6 Å². The minimum Gasteiger partial charge on any atom is -0.484 e. The Morgan fingerprint density at radius 1 is 1.05 bits per heavy atom. The molecule has 0 bridgehead atoms. The van der Waals surface area contributed by atoms with Crippen molar-refractivity contribution in [1.29, 1.82) is 0 Å². The van der Waals surface area contributed by atoms with Crippen molar-refractivity contribution in [2.24, 2.45) is 0 Å². The van der Waals surface area contributed by atoms with Gasteiger partial charge in [0.2, 0.25) is 0 Å². The fourth-order valence-electron chi connectivity index (χ4n) is 2.05. The van der Waals surface area contributed by atoms with E-state index in [4.69, 9.17) is 16.3 Å². The molecular weight excluding hydrogens is 282 g/mol. The summed E-state index contributed by atoms with van der Waals surface area (Å²) in [4.78, 5) is 0. The van der Waals surface area contributed by atoms with Crippen molar-refractivity contribution < 1.29 is 4.74 Å². The highest BCUT2D eigenvalue weighted by atomic mass is 35.5. The Labute approximate surface area is 132 Å². The third kappa shape index (κ3) is 4.76. The Balaban J connectivity index is 2.04. The SMILES string of the molecule is CC(C)NCc1ccc(OC(C)c2ccccc2)c(Cl)c1. The molecule has 0 saturated heterocycles. The molecule has 2 aromatic carbocycles. The molecule has 1 unspecified atom stereocenters. The van der Waals surface area contributed by atoms with Gasteiger partial charge in [0.15, 0.2) is 0 Å². The predicted octanol–water partition coefficient (Wildman–Crippen LogP) is 4.98. The van der Waals surface area contributed by atoms with Gasteiger partial charge in [-0.15, -0.1) is 0 Å². The van der Waals surface area contributed by atoms with Gasteiger partial charge in [-0.2, -0.15) is 0 Å². The molecule has 0 aliphatic rings. The maximum Gasteiger partial charge on any atom is 0.138 e. The van der Waals surface area contributed by atoms with Gasteiger partial charge in [0.05, 0.1) is 5.02 Å². The lowest BCUT2D eigenvalue weighted by Gasteiger charge is -2.17. The van der Waals surface area contributed by atoms with E-state index in [1.807, 2.05) is 43.3 Å². The maximum atomic E-state index is 6.32. The Bertz CT molecular complexity index is 569. The molecule has 2 nitrogen and oxygen atoms in total. The molecule has 2 aromatic rings. The summed E-state index contributed by atoms with van der Waals surface area (Å²) in [6, 6.07) is 16.5. The summed E-state index contributed by atoms with van der Waals surface area (Å²) >= 11 is 6.32. The highest BCUT2D eigenvalue weighted by Gasteiger charge is 2.10. The molecule has 1 atom stereocenters. The number of hydrogen-bond acceptors (Lipinski definition) is 2. The van der Waals surface area contributed by atoms with Crippen LogP contribution in [0.1, 0.15) is 38.0 Å². The van der Waals surface area contributed by atoms with Crippen molar-refractivity contribution in [3.05, 3.63) is 64.7 Å². The highest BCUT2D eigenvalue weighted by Crippen LogP contribution is 2.29. The highest BCUT2D eigenvalue weighted by molar-refractivity contribution is 6.32. The Hall–Kier alpha value is -1.51. The number of hydrogen-bond donors (Lipinski definition) is 1. The molecule has 0 spiro atoms. The van der Waals surface area contributed by atoms with E-state index >= 15 is 0 Å². The van der Waals surface area contributed by atoms with E-state index in [1.54, 1.807) is 0 Å². The van der Waals surface area contributed by atoms with Crippen molar-refractivity contribution in [2.45, 2.75) is 39.5 Å². The van der Waals surface area contributed by atoms with Gasteiger partial charge >= 0.3 is 0 Å². The summed E-state index contributed by atoms with van der Waals surface area (Å²) < 4.78 is 5.96. The quantitative estimate of drug-likeness (QED) is 0.813. The average molecular weight is 304 g/mol. The standard InChI is InChI=1S/C18H22ClNO/c1-13(2)20-12-15-9-10-18(17(19)11-15)21-14(3)16-7-5-4-6-8-16/h4-11,13-14,20H,12H2,1-3H3. The van der Waals surface area contributed by atoms with E-state index in [0.717, 1.165) is 23.4 Å². The molecule has 0 aromatic heterocycles. The normalized spacial score (nSPS) is 12.4. The van der Waals surface area contributed by atoms with Crippen molar-refractivity contribution in [2.75, 3.05) is 0 Å². The second-order valence-electron chi connectivity index (χ2n) is 5.47. The average Bonchev–Trinajstić information content (AvgIpc) is 2.48. The summed E-state index contributed by atoms with van der Waals surface area (Å²) in [5, 5.41) is 4.03. The Morgan fingerprint density at radius 2 is 1.76 bits per heavy atom. The summed E-state index contributed by atoms with van der Waals surface area (Å²) in [5.41, 5.74) is 2.30. The number of halogens is 1. The van der Waals surface area contributed by atoms with Crippen molar-refractivity contribution in [3.63, 3.8) is 0 Å². The first-order chi connectivity index (χ1) is 10.1. The van der Waals surface area contributed by atoms with Gasteiger partial charge in [-0.05, 0) is 30.2 Å². The largest absolute Gasteiger partial charge is 0.484 e. The molecule has 0 radical (unpaired) electrons. The molecule has 3 heteroatoms. The van der Waals surface area contributed by atoms with Crippen LogP contribution in [0, 0.1) is 0 Å². The molecular formula is C18H22ClNO. The second-order valence-corrected chi connectivity index (χ2v) is 5.88. The van der Waals surface area contributed by atoms with Crippen LogP contribution < -0.4 is 10.1 Å².